The highest BCUT2D eigenvalue weighted by atomic mass is 32.2. The van der Waals surface area contributed by atoms with Crippen LogP contribution in [0.4, 0.5) is 5.69 Å². The maximum atomic E-state index is 12.7. The van der Waals surface area contributed by atoms with Gasteiger partial charge in [-0.15, -0.1) is 0 Å². The third-order valence-electron chi connectivity index (χ3n) is 4.35. The van der Waals surface area contributed by atoms with Gasteiger partial charge in [0.25, 0.3) is 15.9 Å². The second-order valence-corrected chi connectivity index (χ2v) is 8.80. The lowest BCUT2D eigenvalue weighted by Crippen LogP contribution is -2.42. The lowest BCUT2D eigenvalue weighted by molar-refractivity contribution is 0.0911. The standard InChI is InChI=1S/C20H26N2O3S/c1-6-20(4,5)21-19(23)16-8-7-9-17(13-16)22-26(24,25)18-12-14(2)10-11-15(18)3/h7-13,22H,6H2,1-5H3,(H,21,23). The van der Waals surface area contributed by atoms with E-state index >= 15 is 0 Å². The van der Waals surface area contributed by atoms with Crippen molar-refractivity contribution in [2.45, 2.75) is 51.5 Å². The number of rotatable bonds is 6. The van der Waals surface area contributed by atoms with Gasteiger partial charge in [-0.2, -0.15) is 0 Å². The van der Waals surface area contributed by atoms with Crippen molar-refractivity contribution in [2.75, 3.05) is 4.72 Å². The fourth-order valence-electron chi connectivity index (χ4n) is 2.40. The van der Waals surface area contributed by atoms with Gasteiger partial charge in [-0.3, -0.25) is 9.52 Å². The van der Waals surface area contributed by atoms with E-state index in [0.717, 1.165) is 12.0 Å². The van der Waals surface area contributed by atoms with Crippen LogP contribution < -0.4 is 10.0 Å². The van der Waals surface area contributed by atoms with Crippen molar-refractivity contribution in [2.24, 2.45) is 0 Å². The Hall–Kier alpha value is -2.34. The molecular formula is C20H26N2O3S. The van der Waals surface area contributed by atoms with E-state index in [2.05, 4.69) is 10.0 Å². The highest BCUT2D eigenvalue weighted by Gasteiger charge is 2.20. The molecule has 0 saturated carbocycles. The molecule has 0 radical (unpaired) electrons. The first-order valence-corrected chi connectivity index (χ1v) is 10.0. The van der Waals surface area contributed by atoms with Crippen LogP contribution >= 0.6 is 0 Å². The molecule has 5 nitrogen and oxygen atoms in total. The van der Waals surface area contributed by atoms with Crippen LogP contribution in [-0.4, -0.2) is 19.9 Å². The van der Waals surface area contributed by atoms with Gasteiger partial charge in [0.05, 0.1) is 4.90 Å². The van der Waals surface area contributed by atoms with E-state index in [-0.39, 0.29) is 16.3 Å². The molecule has 6 heteroatoms. The van der Waals surface area contributed by atoms with Gasteiger partial charge < -0.3 is 5.32 Å². The number of nitrogens with one attached hydrogen (secondary N) is 2. The van der Waals surface area contributed by atoms with Crippen molar-refractivity contribution in [1.82, 2.24) is 5.32 Å². The van der Waals surface area contributed by atoms with E-state index in [1.165, 1.54) is 0 Å². The van der Waals surface area contributed by atoms with E-state index in [9.17, 15) is 13.2 Å². The van der Waals surface area contributed by atoms with E-state index in [0.29, 0.717) is 16.8 Å². The van der Waals surface area contributed by atoms with Gasteiger partial charge in [-0.05, 0) is 69.5 Å². The van der Waals surface area contributed by atoms with E-state index < -0.39 is 10.0 Å². The average Bonchev–Trinajstić information content (AvgIpc) is 2.56. The summed E-state index contributed by atoms with van der Waals surface area (Å²) in [4.78, 5) is 12.7. The number of carbonyl (C=O) groups is 1. The van der Waals surface area contributed by atoms with Gasteiger partial charge in [0, 0.05) is 16.8 Å². The number of hydrogen-bond donors (Lipinski definition) is 2. The molecule has 0 fully saturated rings. The maximum absolute atomic E-state index is 12.7. The summed E-state index contributed by atoms with van der Waals surface area (Å²) in [6.07, 6.45) is 0.789. The Bertz CT molecular complexity index is 918. The Morgan fingerprint density at radius 3 is 2.42 bits per heavy atom. The molecule has 0 spiro atoms. The van der Waals surface area contributed by atoms with E-state index in [1.807, 2.05) is 33.8 Å². The molecular weight excluding hydrogens is 348 g/mol. The normalized spacial score (nSPS) is 11.9. The number of hydrogen-bond acceptors (Lipinski definition) is 3. The van der Waals surface area contributed by atoms with Crippen molar-refractivity contribution in [1.29, 1.82) is 0 Å². The Balaban J connectivity index is 2.28. The maximum Gasteiger partial charge on any atom is 0.262 e. The van der Waals surface area contributed by atoms with Crippen LogP contribution in [0, 0.1) is 13.8 Å². The largest absolute Gasteiger partial charge is 0.347 e. The van der Waals surface area contributed by atoms with Gasteiger partial charge in [0.1, 0.15) is 0 Å². The molecule has 2 N–H and O–H groups in total. The molecule has 0 aromatic heterocycles. The van der Waals surface area contributed by atoms with Crippen LogP contribution in [0.25, 0.3) is 0 Å². The molecule has 0 bridgehead atoms. The minimum absolute atomic E-state index is 0.232. The number of anilines is 1. The Morgan fingerprint density at radius 1 is 1.08 bits per heavy atom. The molecule has 2 aromatic carbocycles. The summed E-state index contributed by atoms with van der Waals surface area (Å²) in [6, 6.07) is 11.8. The third kappa shape index (κ3) is 4.85. The zero-order chi connectivity index (χ0) is 19.5. The van der Waals surface area contributed by atoms with Crippen LogP contribution in [-0.2, 0) is 10.0 Å². The molecule has 0 heterocycles. The summed E-state index contributed by atoms with van der Waals surface area (Å²) >= 11 is 0. The summed E-state index contributed by atoms with van der Waals surface area (Å²) in [6.45, 7) is 9.48. The van der Waals surface area contributed by atoms with E-state index in [1.54, 1.807) is 43.3 Å². The van der Waals surface area contributed by atoms with Crippen molar-refractivity contribution < 1.29 is 13.2 Å². The fourth-order valence-corrected chi connectivity index (χ4v) is 3.78. The quantitative estimate of drug-likeness (QED) is 0.802. The summed E-state index contributed by atoms with van der Waals surface area (Å²) < 4.78 is 28.0. The highest BCUT2D eigenvalue weighted by Crippen LogP contribution is 2.21. The Kier molecular flexibility index (Phi) is 5.76. The van der Waals surface area contributed by atoms with Crippen LogP contribution in [0.3, 0.4) is 0 Å². The minimum Gasteiger partial charge on any atom is -0.347 e. The third-order valence-corrected chi connectivity index (χ3v) is 5.87. The summed E-state index contributed by atoms with van der Waals surface area (Å²) in [5.74, 6) is -0.232. The highest BCUT2D eigenvalue weighted by molar-refractivity contribution is 7.92. The molecule has 1 amide bonds. The first kappa shape index (κ1) is 20.0. The predicted octanol–water partition coefficient (Wildman–Crippen LogP) is 4.02. The van der Waals surface area contributed by atoms with E-state index in [4.69, 9.17) is 0 Å². The van der Waals surface area contributed by atoms with Gasteiger partial charge in [-0.1, -0.05) is 25.1 Å². The monoisotopic (exact) mass is 374 g/mol. The molecule has 0 aliphatic heterocycles. The summed E-state index contributed by atoms with van der Waals surface area (Å²) in [5.41, 5.74) is 1.97. The second kappa shape index (κ2) is 7.50. The first-order chi connectivity index (χ1) is 12.0. The fraction of sp³-hybridized carbons (Fsp3) is 0.350. The molecule has 0 unspecified atom stereocenters. The van der Waals surface area contributed by atoms with Crippen molar-refractivity contribution in [3.8, 4) is 0 Å². The molecule has 2 aromatic rings. The summed E-state index contributed by atoms with van der Waals surface area (Å²) in [5, 5.41) is 2.94. The summed E-state index contributed by atoms with van der Waals surface area (Å²) in [7, 11) is -3.73. The number of carbonyl (C=O) groups excluding carboxylic acids is 1. The Morgan fingerprint density at radius 2 is 1.77 bits per heavy atom. The molecule has 140 valence electrons. The van der Waals surface area contributed by atoms with Crippen LogP contribution in [0.1, 0.15) is 48.7 Å². The van der Waals surface area contributed by atoms with Gasteiger partial charge in [-0.25, -0.2) is 8.42 Å². The van der Waals surface area contributed by atoms with Gasteiger partial charge in [0.2, 0.25) is 0 Å². The molecule has 0 aliphatic rings. The lowest BCUT2D eigenvalue weighted by Gasteiger charge is -2.24. The minimum atomic E-state index is -3.73. The zero-order valence-electron chi connectivity index (χ0n) is 15.9. The van der Waals surface area contributed by atoms with Crippen molar-refractivity contribution in [3.05, 3.63) is 59.2 Å². The number of sulfonamides is 1. The van der Waals surface area contributed by atoms with Crippen LogP contribution in [0.2, 0.25) is 0 Å². The lowest BCUT2D eigenvalue weighted by atomic mass is 10.0. The van der Waals surface area contributed by atoms with Crippen molar-refractivity contribution >= 4 is 21.6 Å². The van der Waals surface area contributed by atoms with Crippen LogP contribution in [0.15, 0.2) is 47.4 Å². The first-order valence-electron chi connectivity index (χ1n) is 8.57. The Labute approximate surface area is 155 Å². The van der Waals surface area contributed by atoms with Crippen LogP contribution in [0.5, 0.6) is 0 Å². The number of amides is 1. The van der Waals surface area contributed by atoms with Gasteiger partial charge in [0.15, 0.2) is 0 Å². The SMILES string of the molecule is CCC(C)(C)NC(=O)c1cccc(NS(=O)(=O)c2cc(C)ccc2C)c1. The number of benzene rings is 2. The second-order valence-electron chi connectivity index (χ2n) is 7.15. The molecule has 2 rings (SSSR count). The topological polar surface area (TPSA) is 75.3 Å². The molecule has 0 atom stereocenters. The van der Waals surface area contributed by atoms with Gasteiger partial charge >= 0.3 is 0 Å². The zero-order valence-corrected chi connectivity index (χ0v) is 16.7. The number of aryl methyl sites for hydroxylation is 2. The predicted molar refractivity (Wildman–Crippen MR) is 105 cm³/mol. The average molecular weight is 375 g/mol. The molecule has 26 heavy (non-hydrogen) atoms. The molecule has 0 aliphatic carbocycles. The molecule has 0 saturated heterocycles. The van der Waals surface area contributed by atoms with Crippen molar-refractivity contribution in [3.63, 3.8) is 0 Å². The smallest absolute Gasteiger partial charge is 0.262 e.